The quantitative estimate of drug-likeness (QED) is 0.859. The van der Waals surface area contributed by atoms with Crippen molar-refractivity contribution >= 4 is 35.1 Å². The van der Waals surface area contributed by atoms with Crippen molar-refractivity contribution in [2.75, 3.05) is 11.4 Å². The smallest absolute Gasteiger partial charge is 0.306 e. The van der Waals surface area contributed by atoms with Crippen LogP contribution in [0, 0.1) is 11.8 Å². The standard InChI is InChI=1S/C18H21ClN2O4/c19-13-5-2-6-14(10-13)21-8-7-15(17(21)23)20-16(22)11-3-1-4-12(9-11)18(24)25/h2,5-6,10-12,15H,1,3-4,7-9H2,(H,20,22)(H,24,25). The molecule has 25 heavy (non-hydrogen) atoms. The fourth-order valence-electron chi connectivity index (χ4n) is 3.66. The number of carboxylic acids is 1. The normalized spacial score (nSPS) is 26.5. The first-order valence-electron chi connectivity index (χ1n) is 8.56. The highest BCUT2D eigenvalue weighted by Gasteiger charge is 2.37. The van der Waals surface area contributed by atoms with Crippen molar-refractivity contribution in [1.29, 1.82) is 0 Å². The molecule has 1 saturated heterocycles. The lowest BCUT2D eigenvalue weighted by molar-refractivity contribution is -0.144. The molecule has 134 valence electrons. The molecule has 6 nitrogen and oxygen atoms in total. The molecule has 1 aromatic carbocycles. The van der Waals surface area contributed by atoms with Crippen molar-refractivity contribution in [1.82, 2.24) is 5.32 Å². The zero-order valence-corrected chi connectivity index (χ0v) is 14.5. The number of hydrogen-bond donors (Lipinski definition) is 2. The van der Waals surface area contributed by atoms with Crippen molar-refractivity contribution < 1.29 is 19.5 Å². The first kappa shape index (κ1) is 17.7. The van der Waals surface area contributed by atoms with Crippen LogP contribution in [0.3, 0.4) is 0 Å². The van der Waals surface area contributed by atoms with E-state index >= 15 is 0 Å². The summed E-state index contributed by atoms with van der Waals surface area (Å²) in [7, 11) is 0. The van der Waals surface area contributed by atoms with E-state index in [-0.39, 0.29) is 17.7 Å². The third-order valence-corrected chi connectivity index (χ3v) is 5.27. The molecule has 2 aliphatic rings. The molecule has 0 spiro atoms. The van der Waals surface area contributed by atoms with Gasteiger partial charge in [0.2, 0.25) is 11.8 Å². The van der Waals surface area contributed by atoms with Gasteiger partial charge in [0.15, 0.2) is 0 Å². The highest BCUT2D eigenvalue weighted by molar-refractivity contribution is 6.31. The zero-order valence-electron chi connectivity index (χ0n) is 13.8. The lowest BCUT2D eigenvalue weighted by atomic mass is 9.81. The Morgan fingerprint density at radius 2 is 1.96 bits per heavy atom. The molecule has 1 aliphatic heterocycles. The summed E-state index contributed by atoms with van der Waals surface area (Å²) in [5.74, 6) is -2.00. The van der Waals surface area contributed by atoms with Gasteiger partial charge >= 0.3 is 5.97 Å². The molecule has 3 unspecified atom stereocenters. The molecule has 7 heteroatoms. The summed E-state index contributed by atoms with van der Waals surface area (Å²) in [6.07, 6.45) is 2.90. The number of rotatable bonds is 4. The second-order valence-electron chi connectivity index (χ2n) is 6.72. The monoisotopic (exact) mass is 364 g/mol. The summed E-state index contributed by atoms with van der Waals surface area (Å²) in [4.78, 5) is 37.8. The SMILES string of the molecule is O=C(O)C1CCCC(C(=O)NC2CCN(c3cccc(Cl)c3)C2=O)C1. The minimum atomic E-state index is -0.846. The number of nitrogens with one attached hydrogen (secondary N) is 1. The second-order valence-corrected chi connectivity index (χ2v) is 7.15. The van der Waals surface area contributed by atoms with Crippen LogP contribution < -0.4 is 10.2 Å². The van der Waals surface area contributed by atoms with E-state index in [1.807, 2.05) is 6.07 Å². The van der Waals surface area contributed by atoms with Gasteiger partial charge in [-0.3, -0.25) is 14.4 Å². The minimum Gasteiger partial charge on any atom is -0.481 e. The van der Waals surface area contributed by atoms with Gasteiger partial charge in [0, 0.05) is 23.2 Å². The van der Waals surface area contributed by atoms with Crippen LogP contribution >= 0.6 is 11.6 Å². The molecule has 0 radical (unpaired) electrons. The summed E-state index contributed by atoms with van der Waals surface area (Å²) in [6, 6.07) is 6.50. The molecule has 1 heterocycles. The molecule has 1 aromatic rings. The van der Waals surface area contributed by atoms with Crippen LogP contribution in [0.2, 0.25) is 5.02 Å². The van der Waals surface area contributed by atoms with E-state index in [0.29, 0.717) is 37.3 Å². The van der Waals surface area contributed by atoms with Gasteiger partial charge in [-0.25, -0.2) is 0 Å². The van der Waals surface area contributed by atoms with Gasteiger partial charge in [-0.1, -0.05) is 24.1 Å². The average Bonchev–Trinajstić information content (AvgIpc) is 2.95. The fraction of sp³-hybridized carbons (Fsp3) is 0.500. The van der Waals surface area contributed by atoms with Gasteiger partial charge in [0.25, 0.3) is 0 Å². The predicted molar refractivity (Wildman–Crippen MR) is 93.4 cm³/mol. The van der Waals surface area contributed by atoms with Gasteiger partial charge in [-0.05, 0) is 43.9 Å². The number of hydrogen-bond acceptors (Lipinski definition) is 3. The number of carbonyl (C=O) groups excluding carboxylic acids is 2. The van der Waals surface area contributed by atoms with Crippen molar-refractivity contribution in [2.45, 2.75) is 38.1 Å². The molecule has 3 atom stereocenters. The highest BCUT2D eigenvalue weighted by atomic mass is 35.5. The molecule has 2 fully saturated rings. The van der Waals surface area contributed by atoms with E-state index in [2.05, 4.69) is 5.32 Å². The summed E-state index contributed by atoms with van der Waals surface area (Å²) < 4.78 is 0. The van der Waals surface area contributed by atoms with Gasteiger partial charge in [0.05, 0.1) is 5.92 Å². The first-order valence-corrected chi connectivity index (χ1v) is 8.93. The van der Waals surface area contributed by atoms with Gasteiger partial charge in [-0.15, -0.1) is 0 Å². The molecule has 1 aliphatic carbocycles. The lowest BCUT2D eigenvalue weighted by Gasteiger charge is -2.26. The minimum absolute atomic E-state index is 0.152. The van der Waals surface area contributed by atoms with Crippen LogP contribution in [-0.4, -0.2) is 35.5 Å². The molecule has 2 amide bonds. The van der Waals surface area contributed by atoms with Crippen molar-refractivity contribution in [3.8, 4) is 0 Å². The molecule has 3 rings (SSSR count). The van der Waals surface area contributed by atoms with Crippen LogP contribution in [0.25, 0.3) is 0 Å². The van der Waals surface area contributed by atoms with Crippen molar-refractivity contribution in [3.05, 3.63) is 29.3 Å². The van der Waals surface area contributed by atoms with E-state index in [1.54, 1.807) is 23.1 Å². The Labute approximate surface area is 151 Å². The Morgan fingerprint density at radius 3 is 2.68 bits per heavy atom. The van der Waals surface area contributed by atoms with Crippen molar-refractivity contribution in [2.24, 2.45) is 11.8 Å². The first-order chi connectivity index (χ1) is 12.0. The maximum absolute atomic E-state index is 12.6. The van der Waals surface area contributed by atoms with E-state index in [9.17, 15) is 14.4 Å². The summed E-state index contributed by atoms with van der Waals surface area (Å²) in [5.41, 5.74) is 0.720. The third kappa shape index (κ3) is 3.95. The molecule has 0 aromatic heterocycles. The number of carbonyl (C=O) groups is 3. The van der Waals surface area contributed by atoms with Crippen LogP contribution in [0.4, 0.5) is 5.69 Å². The van der Waals surface area contributed by atoms with Gasteiger partial charge in [-0.2, -0.15) is 0 Å². The fourth-order valence-corrected chi connectivity index (χ4v) is 3.84. The van der Waals surface area contributed by atoms with Gasteiger partial charge in [0.1, 0.15) is 6.04 Å². The van der Waals surface area contributed by atoms with E-state index < -0.39 is 17.9 Å². The molecule has 0 bridgehead atoms. The highest BCUT2D eigenvalue weighted by Crippen LogP contribution is 2.30. The number of nitrogens with zero attached hydrogens (tertiary/aromatic N) is 1. The summed E-state index contributed by atoms with van der Waals surface area (Å²) in [6.45, 7) is 0.520. The van der Waals surface area contributed by atoms with E-state index in [0.717, 1.165) is 12.1 Å². The van der Waals surface area contributed by atoms with Crippen LogP contribution in [0.1, 0.15) is 32.1 Å². The Morgan fingerprint density at radius 1 is 1.20 bits per heavy atom. The Bertz CT molecular complexity index is 693. The van der Waals surface area contributed by atoms with Crippen LogP contribution in [0.15, 0.2) is 24.3 Å². The number of benzene rings is 1. The number of aliphatic carboxylic acids is 1. The average molecular weight is 365 g/mol. The molecule has 2 N–H and O–H groups in total. The predicted octanol–water partition coefficient (Wildman–Crippen LogP) is 2.45. The Kier molecular flexibility index (Phi) is 5.27. The number of anilines is 1. The van der Waals surface area contributed by atoms with Crippen molar-refractivity contribution in [3.63, 3.8) is 0 Å². The lowest BCUT2D eigenvalue weighted by Crippen LogP contribution is -2.45. The third-order valence-electron chi connectivity index (χ3n) is 5.04. The molecular formula is C18H21ClN2O4. The summed E-state index contributed by atoms with van der Waals surface area (Å²) in [5, 5.41) is 12.5. The van der Waals surface area contributed by atoms with E-state index in [1.165, 1.54) is 0 Å². The largest absolute Gasteiger partial charge is 0.481 e. The zero-order chi connectivity index (χ0) is 18.0. The number of halogens is 1. The van der Waals surface area contributed by atoms with Crippen LogP contribution in [-0.2, 0) is 14.4 Å². The van der Waals surface area contributed by atoms with Crippen LogP contribution in [0.5, 0.6) is 0 Å². The molecule has 1 saturated carbocycles. The van der Waals surface area contributed by atoms with E-state index in [4.69, 9.17) is 16.7 Å². The molecular weight excluding hydrogens is 344 g/mol. The Hall–Kier alpha value is -2.08. The maximum atomic E-state index is 12.6. The topological polar surface area (TPSA) is 86.7 Å². The Balaban J connectivity index is 1.61. The van der Waals surface area contributed by atoms with Gasteiger partial charge < -0.3 is 15.3 Å². The summed E-state index contributed by atoms with van der Waals surface area (Å²) >= 11 is 5.98. The number of carboxylic acid groups (broad SMARTS) is 1. The number of amides is 2. The maximum Gasteiger partial charge on any atom is 0.306 e. The second kappa shape index (κ2) is 7.44.